The number of ether oxygens (including phenoxy) is 1. The van der Waals surface area contributed by atoms with Gasteiger partial charge in [-0.15, -0.1) is 0 Å². The second kappa shape index (κ2) is 4.34. The smallest absolute Gasteiger partial charge is 0.140 e. The molecule has 1 heterocycles. The van der Waals surface area contributed by atoms with Gasteiger partial charge in [0, 0.05) is 11.8 Å². The summed E-state index contributed by atoms with van der Waals surface area (Å²) >= 11 is 6.04. The number of hydrogen-bond acceptors (Lipinski definition) is 3. The van der Waals surface area contributed by atoms with Crippen molar-refractivity contribution >= 4 is 11.6 Å². The lowest BCUT2D eigenvalue weighted by Crippen LogP contribution is -1.95. The number of rotatable bonds is 3. The third-order valence-electron chi connectivity index (χ3n) is 2.64. The average Bonchev–Trinajstić information content (AvgIpc) is 3.14. The quantitative estimate of drug-likeness (QED) is 0.779. The molecule has 0 spiro atoms. The lowest BCUT2D eigenvalue weighted by atomic mass is 10.1. The van der Waals surface area contributed by atoms with E-state index in [-0.39, 0.29) is 0 Å². The molecule has 1 fully saturated rings. The minimum atomic E-state index is 0.396. The summed E-state index contributed by atoms with van der Waals surface area (Å²) < 4.78 is 5.74. The predicted octanol–water partition coefficient (Wildman–Crippen LogP) is 3.34. The highest BCUT2D eigenvalue weighted by molar-refractivity contribution is 6.32. The van der Waals surface area contributed by atoms with Gasteiger partial charge in [0.05, 0.1) is 6.10 Å². The molecule has 17 heavy (non-hydrogen) atoms. The van der Waals surface area contributed by atoms with Crippen molar-refractivity contribution in [3.63, 3.8) is 0 Å². The Morgan fingerprint density at radius 1 is 1.29 bits per heavy atom. The molecule has 2 aromatic rings. The van der Waals surface area contributed by atoms with E-state index < -0.39 is 0 Å². The Hall–Kier alpha value is -1.61. The van der Waals surface area contributed by atoms with Crippen LogP contribution in [0.3, 0.4) is 0 Å². The summed E-state index contributed by atoms with van der Waals surface area (Å²) in [5, 5.41) is 0.462. The Labute approximate surface area is 104 Å². The molecule has 4 heteroatoms. The van der Waals surface area contributed by atoms with Gasteiger partial charge in [-0.2, -0.15) is 0 Å². The first-order valence-electron chi connectivity index (χ1n) is 5.55. The summed E-state index contributed by atoms with van der Waals surface area (Å²) in [5.74, 6) is 0.880. The van der Waals surface area contributed by atoms with Crippen LogP contribution in [-0.4, -0.2) is 16.1 Å². The Balaban J connectivity index is 1.94. The summed E-state index contributed by atoms with van der Waals surface area (Å²) in [6, 6.07) is 7.86. The van der Waals surface area contributed by atoms with E-state index in [2.05, 4.69) is 9.97 Å². The maximum atomic E-state index is 6.04. The molecule has 1 aliphatic rings. The van der Waals surface area contributed by atoms with E-state index in [1.165, 1.54) is 6.33 Å². The fourth-order valence-corrected chi connectivity index (χ4v) is 1.83. The number of nitrogens with zero attached hydrogens (tertiary/aromatic N) is 2. The standard InChI is InChI=1S/C13H11ClN2O/c14-13-12(7-15-8-16-13)9-2-1-3-11(6-9)17-10-4-5-10/h1-3,6-8,10H,4-5H2. The maximum Gasteiger partial charge on any atom is 0.140 e. The molecule has 0 unspecified atom stereocenters. The second-order valence-corrected chi connectivity index (χ2v) is 4.43. The molecule has 1 saturated carbocycles. The molecule has 0 aliphatic heterocycles. The molecule has 0 bridgehead atoms. The first-order valence-corrected chi connectivity index (χ1v) is 5.93. The zero-order valence-electron chi connectivity index (χ0n) is 9.14. The van der Waals surface area contributed by atoms with Gasteiger partial charge in [-0.25, -0.2) is 9.97 Å². The van der Waals surface area contributed by atoms with Crippen LogP contribution in [0.4, 0.5) is 0 Å². The molecule has 0 N–H and O–H groups in total. The minimum Gasteiger partial charge on any atom is -0.490 e. The van der Waals surface area contributed by atoms with Crippen LogP contribution in [0.2, 0.25) is 5.15 Å². The average molecular weight is 247 g/mol. The molecule has 0 atom stereocenters. The summed E-state index contributed by atoms with van der Waals surface area (Å²) in [5.41, 5.74) is 1.81. The van der Waals surface area contributed by atoms with Crippen LogP contribution in [-0.2, 0) is 0 Å². The van der Waals surface area contributed by atoms with Crippen molar-refractivity contribution in [1.29, 1.82) is 0 Å². The molecular weight excluding hydrogens is 236 g/mol. The number of halogens is 1. The Morgan fingerprint density at radius 3 is 2.94 bits per heavy atom. The third-order valence-corrected chi connectivity index (χ3v) is 2.94. The normalized spacial score (nSPS) is 14.6. The van der Waals surface area contributed by atoms with E-state index in [1.807, 2.05) is 24.3 Å². The van der Waals surface area contributed by atoms with Crippen LogP contribution in [0.5, 0.6) is 5.75 Å². The fourth-order valence-electron chi connectivity index (χ4n) is 1.62. The van der Waals surface area contributed by atoms with Gasteiger partial charge in [-0.3, -0.25) is 0 Å². The van der Waals surface area contributed by atoms with Crippen LogP contribution < -0.4 is 4.74 Å². The van der Waals surface area contributed by atoms with Crippen LogP contribution in [0, 0.1) is 0 Å². The molecule has 86 valence electrons. The van der Waals surface area contributed by atoms with Gasteiger partial charge in [0.2, 0.25) is 0 Å². The first kappa shape index (κ1) is 10.5. The van der Waals surface area contributed by atoms with Gasteiger partial charge in [0.15, 0.2) is 0 Å². The fraction of sp³-hybridized carbons (Fsp3) is 0.231. The van der Waals surface area contributed by atoms with Crippen molar-refractivity contribution in [2.75, 3.05) is 0 Å². The van der Waals surface area contributed by atoms with E-state index in [0.29, 0.717) is 11.3 Å². The Bertz CT molecular complexity index is 540. The molecule has 3 rings (SSSR count). The van der Waals surface area contributed by atoms with Gasteiger partial charge in [-0.05, 0) is 30.5 Å². The second-order valence-electron chi connectivity index (χ2n) is 4.07. The van der Waals surface area contributed by atoms with E-state index in [0.717, 1.165) is 29.7 Å². The van der Waals surface area contributed by atoms with Gasteiger partial charge >= 0.3 is 0 Å². The highest BCUT2D eigenvalue weighted by atomic mass is 35.5. The van der Waals surface area contributed by atoms with Crippen molar-refractivity contribution in [2.24, 2.45) is 0 Å². The molecule has 0 radical (unpaired) electrons. The first-order chi connectivity index (χ1) is 8.33. The van der Waals surface area contributed by atoms with E-state index in [9.17, 15) is 0 Å². The van der Waals surface area contributed by atoms with Gasteiger partial charge in [0.1, 0.15) is 17.2 Å². The third kappa shape index (κ3) is 2.39. The van der Waals surface area contributed by atoms with E-state index >= 15 is 0 Å². The number of benzene rings is 1. The largest absolute Gasteiger partial charge is 0.490 e. The van der Waals surface area contributed by atoms with Gasteiger partial charge in [0.25, 0.3) is 0 Å². The zero-order valence-corrected chi connectivity index (χ0v) is 9.89. The molecule has 1 aromatic carbocycles. The lowest BCUT2D eigenvalue weighted by Gasteiger charge is -2.07. The van der Waals surface area contributed by atoms with Crippen molar-refractivity contribution in [1.82, 2.24) is 9.97 Å². The van der Waals surface area contributed by atoms with Crippen molar-refractivity contribution in [3.05, 3.63) is 41.9 Å². The Morgan fingerprint density at radius 2 is 2.18 bits per heavy atom. The molecular formula is C13H11ClN2O. The SMILES string of the molecule is Clc1ncncc1-c1cccc(OC2CC2)c1. The molecule has 1 aromatic heterocycles. The topological polar surface area (TPSA) is 35.0 Å². The van der Waals surface area contributed by atoms with Crippen molar-refractivity contribution < 1.29 is 4.74 Å². The molecule has 3 nitrogen and oxygen atoms in total. The van der Waals surface area contributed by atoms with Crippen LogP contribution >= 0.6 is 11.6 Å². The molecule has 1 aliphatic carbocycles. The number of aromatic nitrogens is 2. The number of hydrogen-bond donors (Lipinski definition) is 0. The van der Waals surface area contributed by atoms with Gasteiger partial charge < -0.3 is 4.74 Å². The summed E-state index contributed by atoms with van der Waals surface area (Å²) in [7, 11) is 0. The van der Waals surface area contributed by atoms with Crippen LogP contribution in [0.1, 0.15) is 12.8 Å². The van der Waals surface area contributed by atoms with E-state index in [1.54, 1.807) is 6.20 Å². The molecule has 0 amide bonds. The monoisotopic (exact) mass is 246 g/mol. The molecule has 0 saturated heterocycles. The zero-order chi connectivity index (χ0) is 11.7. The summed E-state index contributed by atoms with van der Waals surface area (Å²) in [6.45, 7) is 0. The van der Waals surface area contributed by atoms with Crippen LogP contribution in [0.25, 0.3) is 11.1 Å². The predicted molar refractivity (Wildman–Crippen MR) is 66.1 cm³/mol. The summed E-state index contributed by atoms with van der Waals surface area (Å²) in [4.78, 5) is 7.96. The van der Waals surface area contributed by atoms with Crippen molar-refractivity contribution in [3.8, 4) is 16.9 Å². The minimum absolute atomic E-state index is 0.396. The van der Waals surface area contributed by atoms with E-state index in [4.69, 9.17) is 16.3 Å². The van der Waals surface area contributed by atoms with Gasteiger partial charge in [-0.1, -0.05) is 23.7 Å². The Kier molecular flexibility index (Phi) is 2.69. The summed E-state index contributed by atoms with van der Waals surface area (Å²) in [6.07, 6.45) is 5.86. The van der Waals surface area contributed by atoms with Crippen LogP contribution in [0.15, 0.2) is 36.8 Å². The lowest BCUT2D eigenvalue weighted by molar-refractivity contribution is 0.303. The van der Waals surface area contributed by atoms with Crippen molar-refractivity contribution in [2.45, 2.75) is 18.9 Å². The maximum absolute atomic E-state index is 6.04. The highest BCUT2D eigenvalue weighted by Crippen LogP contribution is 2.31. The highest BCUT2D eigenvalue weighted by Gasteiger charge is 2.23.